The summed E-state index contributed by atoms with van der Waals surface area (Å²) in [7, 11) is -3.14. The molecule has 116 valence electrons. The average molecular weight is 302 g/mol. The Morgan fingerprint density at radius 2 is 1.85 bits per heavy atom. The number of hydrogen-bond donors (Lipinski definition) is 1. The van der Waals surface area contributed by atoms with Crippen molar-refractivity contribution in [1.82, 2.24) is 9.62 Å². The molecule has 0 bridgehead atoms. The van der Waals surface area contributed by atoms with Gasteiger partial charge in [0, 0.05) is 25.7 Å². The second-order valence-electron chi connectivity index (χ2n) is 6.32. The topological polar surface area (TPSA) is 58.6 Å². The molecule has 0 radical (unpaired) electrons. The average Bonchev–Trinajstić information content (AvgIpc) is 3.02. The minimum atomic E-state index is -3.14. The molecule has 3 aliphatic heterocycles. The van der Waals surface area contributed by atoms with Crippen LogP contribution in [-0.4, -0.2) is 56.9 Å². The molecule has 5 nitrogen and oxygen atoms in total. The van der Waals surface area contributed by atoms with Crippen LogP contribution >= 0.6 is 0 Å². The molecule has 0 aromatic carbocycles. The molecular formula is C14H26N2O3S. The van der Waals surface area contributed by atoms with Crippen LogP contribution in [0.25, 0.3) is 0 Å². The summed E-state index contributed by atoms with van der Waals surface area (Å²) in [6.07, 6.45) is 6.16. The van der Waals surface area contributed by atoms with Gasteiger partial charge in [-0.1, -0.05) is 0 Å². The first kappa shape index (κ1) is 14.8. The Morgan fingerprint density at radius 3 is 2.45 bits per heavy atom. The summed E-state index contributed by atoms with van der Waals surface area (Å²) in [4.78, 5) is 0. The van der Waals surface area contributed by atoms with Crippen LogP contribution in [0.5, 0.6) is 0 Å². The number of hydrogen-bond acceptors (Lipinski definition) is 4. The molecule has 3 rings (SSSR count). The van der Waals surface area contributed by atoms with Crippen LogP contribution in [0.15, 0.2) is 0 Å². The third-order valence-electron chi connectivity index (χ3n) is 5.07. The predicted molar refractivity (Wildman–Crippen MR) is 78.1 cm³/mol. The number of rotatable bonds is 3. The molecule has 0 spiro atoms. The fraction of sp³-hybridized carbons (Fsp3) is 1.00. The van der Waals surface area contributed by atoms with Gasteiger partial charge in [-0.25, -0.2) is 12.7 Å². The third-order valence-corrected chi connectivity index (χ3v) is 7.36. The van der Waals surface area contributed by atoms with Crippen LogP contribution in [0.2, 0.25) is 0 Å². The van der Waals surface area contributed by atoms with E-state index in [0.717, 1.165) is 32.2 Å². The Bertz CT molecular complexity index is 406. The van der Waals surface area contributed by atoms with Gasteiger partial charge in [0.15, 0.2) is 0 Å². The van der Waals surface area contributed by atoms with Gasteiger partial charge in [-0.15, -0.1) is 0 Å². The number of piperidine rings is 1. The fourth-order valence-electron chi connectivity index (χ4n) is 3.80. The molecular weight excluding hydrogens is 276 g/mol. The van der Waals surface area contributed by atoms with Crippen LogP contribution in [0.4, 0.5) is 0 Å². The zero-order valence-corrected chi connectivity index (χ0v) is 12.9. The molecule has 0 aliphatic carbocycles. The van der Waals surface area contributed by atoms with E-state index >= 15 is 0 Å². The van der Waals surface area contributed by atoms with E-state index in [4.69, 9.17) is 4.74 Å². The second kappa shape index (κ2) is 6.30. The molecule has 3 saturated heterocycles. The Hall–Kier alpha value is -0.170. The normalized spacial score (nSPS) is 34.4. The van der Waals surface area contributed by atoms with Crippen LogP contribution in [-0.2, 0) is 14.8 Å². The van der Waals surface area contributed by atoms with Crippen molar-refractivity contribution in [3.63, 3.8) is 0 Å². The van der Waals surface area contributed by atoms with E-state index in [-0.39, 0.29) is 5.25 Å². The van der Waals surface area contributed by atoms with Crippen molar-refractivity contribution in [1.29, 1.82) is 0 Å². The smallest absolute Gasteiger partial charge is 0.219 e. The quantitative estimate of drug-likeness (QED) is 0.843. The standard InChI is InChI=1S/C14H26N2O3S/c17-20(18,13-3-2-10-19-11-13)16-8-5-12(6-9-16)14-4-1-7-15-14/h12-15H,1-11H2. The van der Waals surface area contributed by atoms with Crippen molar-refractivity contribution in [2.45, 2.75) is 49.8 Å². The summed E-state index contributed by atoms with van der Waals surface area (Å²) in [6.45, 7) is 3.61. The maximum absolute atomic E-state index is 12.6. The van der Waals surface area contributed by atoms with Gasteiger partial charge >= 0.3 is 0 Å². The summed E-state index contributed by atoms with van der Waals surface area (Å²) in [5, 5.41) is 3.25. The summed E-state index contributed by atoms with van der Waals surface area (Å²) < 4.78 is 32.3. The molecule has 3 heterocycles. The van der Waals surface area contributed by atoms with Gasteiger partial charge in [-0.05, 0) is 51.0 Å². The van der Waals surface area contributed by atoms with Gasteiger partial charge in [0.05, 0.1) is 11.9 Å². The highest BCUT2D eigenvalue weighted by Gasteiger charge is 2.37. The van der Waals surface area contributed by atoms with E-state index in [9.17, 15) is 8.42 Å². The van der Waals surface area contributed by atoms with Gasteiger partial charge < -0.3 is 10.1 Å². The predicted octanol–water partition coefficient (Wildman–Crippen LogP) is 0.959. The lowest BCUT2D eigenvalue weighted by molar-refractivity contribution is 0.0966. The fourth-order valence-corrected chi connectivity index (χ4v) is 5.68. The number of nitrogens with one attached hydrogen (secondary N) is 1. The Balaban J connectivity index is 1.56. The summed E-state index contributed by atoms with van der Waals surface area (Å²) in [6, 6.07) is 0.623. The van der Waals surface area contributed by atoms with Gasteiger partial charge in [-0.3, -0.25) is 0 Å². The monoisotopic (exact) mass is 302 g/mol. The van der Waals surface area contributed by atoms with Crippen molar-refractivity contribution in [3.05, 3.63) is 0 Å². The minimum absolute atomic E-state index is 0.308. The molecule has 3 fully saturated rings. The lowest BCUT2D eigenvalue weighted by atomic mass is 9.89. The van der Waals surface area contributed by atoms with Gasteiger partial charge in [0.1, 0.15) is 0 Å². The maximum atomic E-state index is 12.6. The van der Waals surface area contributed by atoms with Crippen molar-refractivity contribution in [3.8, 4) is 0 Å². The van der Waals surface area contributed by atoms with Gasteiger partial charge in [-0.2, -0.15) is 0 Å². The first-order valence-corrected chi connectivity index (χ1v) is 9.48. The van der Waals surface area contributed by atoms with Crippen molar-refractivity contribution in [2.75, 3.05) is 32.8 Å². The molecule has 6 heteroatoms. The lowest BCUT2D eigenvalue weighted by Gasteiger charge is -2.36. The van der Waals surface area contributed by atoms with E-state index in [1.54, 1.807) is 4.31 Å². The van der Waals surface area contributed by atoms with Crippen LogP contribution in [0.1, 0.15) is 38.5 Å². The molecule has 3 aliphatic rings. The summed E-state index contributed by atoms with van der Waals surface area (Å²) in [5.74, 6) is 0.659. The molecule has 0 amide bonds. The summed E-state index contributed by atoms with van der Waals surface area (Å²) >= 11 is 0. The Morgan fingerprint density at radius 1 is 1.05 bits per heavy atom. The van der Waals surface area contributed by atoms with Crippen molar-refractivity contribution < 1.29 is 13.2 Å². The van der Waals surface area contributed by atoms with Crippen molar-refractivity contribution in [2.24, 2.45) is 5.92 Å². The van der Waals surface area contributed by atoms with Gasteiger partial charge in [0.25, 0.3) is 0 Å². The largest absolute Gasteiger partial charge is 0.380 e. The zero-order chi connectivity index (χ0) is 14.0. The molecule has 2 atom stereocenters. The lowest BCUT2D eigenvalue weighted by Crippen LogP contribution is -2.48. The molecule has 0 aromatic rings. The molecule has 2 unspecified atom stereocenters. The van der Waals surface area contributed by atoms with Crippen LogP contribution in [0, 0.1) is 5.92 Å². The second-order valence-corrected chi connectivity index (χ2v) is 8.54. The highest BCUT2D eigenvalue weighted by atomic mass is 32.2. The minimum Gasteiger partial charge on any atom is -0.380 e. The third kappa shape index (κ3) is 3.03. The number of sulfonamides is 1. The first-order valence-electron chi connectivity index (χ1n) is 7.98. The van der Waals surface area contributed by atoms with E-state index in [1.165, 1.54) is 12.8 Å². The molecule has 20 heavy (non-hydrogen) atoms. The molecule has 0 saturated carbocycles. The highest BCUT2D eigenvalue weighted by molar-refractivity contribution is 7.89. The van der Waals surface area contributed by atoms with E-state index in [2.05, 4.69) is 5.32 Å². The molecule has 0 aromatic heterocycles. The van der Waals surface area contributed by atoms with Crippen LogP contribution in [0.3, 0.4) is 0 Å². The van der Waals surface area contributed by atoms with Crippen molar-refractivity contribution >= 4 is 10.0 Å². The Labute approximate surface area is 122 Å². The van der Waals surface area contributed by atoms with E-state index in [0.29, 0.717) is 38.3 Å². The number of ether oxygens (including phenoxy) is 1. The van der Waals surface area contributed by atoms with E-state index < -0.39 is 10.0 Å². The SMILES string of the molecule is O=S(=O)(C1CCCOC1)N1CCC(C2CCCN2)CC1. The first-order chi connectivity index (χ1) is 9.68. The van der Waals surface area contributed by atoms with E-state index in [1.807, 2.05) is 0 Å². The number of nitrogens with zero attached hydrogens (tertiary/aromatic N) is 1. The van der Waals surface area contributed by atoms with Gasteiger partial charge in [0.2, 0.25) is 10.0 Å². The summed E-state index contributed by atoms with van der Waals surface area (Å²) in [5.41, 5.74) is 0. The molecule has 1 N–H and O–H groups in total. The maximum Gasteiger partial charge on any atom is 0.219 e. The highest BCUT2D eigenvalue weighted by Crippen LogP contribution is 2.29. The van der Waals surface area contributed by atoms with Crippen LogP contribution < -0.4 is 5.32 Å². The zero-order valence-electron chi connectivity index (χ0n) is 12.1. The Kier molecular flexibility index (Phi) is 4.65.